The number of rotatable bonds is 8. The molecule has 0 bridgehead atoms. The molecule has 1 aromatic carbocycles. The van der Waals surface area contributed by atoms with Crippen molar-refractivity contribution in [1.29, 1.82) is 0 Å². The lowest BCUT2D eigenvalue weighted by Crippen LogP contribution is -2.41. The zero-order valence-electron chi connectivity index (χ0n) is 14.1. The quantitative estimate of drug-likeness (QED) is 0.240. The maximum Gasteiger partial charge on any atom is 0.255 e. The van der Waals surface area contributed by atoms with Crippen molar-refractivity contribution in [3.63, 3.8) is 0 Å². The second-order valence-electron chi connectivity index (χ2n) is 5.27. The van der Waals surface area contributed by atoms with E-state index in [0.717, 1.165) is 4.90 Å². The molecule has 0 heterocycles. The van der Waals surface area contributed by atoms with Gasteiger partial charge in [0.1, 0.15) is 6.10 Å². The molecular formula is C15H18I3N3O6. The third-order valence-electron chi connectivity index (χ3n) is 3.38. The minimum absolute atomic E-state index is 0.00514. The number of nitrogens with one attached hydrogen (secondary N) is 1. The van der Waals surface area contributed by atoms with Crippen LogP contribution in [0.2, 0.25) is 0 Å². The number of carbonyl (C=O) groups excluding carboxylic acids is 3. The summed E-state index contributed by atoms with van der Waals surface area (Å²) >= 11 is 5.55. The number of benzene rings is 1. The van der Waals surface area contributed by atoms with Gasteiger partial charge < -0.3 is 31.3 Å². The van der Waals surface area contributed by atoms with E-state index in [4.69, 9.17) is 10.8 Å². The summed E-state index contributed by atoms with van der Waals surface area (Å²) < 4.78 is 0.987. The molecule has 150 valence electrons. The number of halogens is 3. The Bertz CT molecular complexity index is 757. The fourth-order valence-corrected chi connectivity index (χ4v) is 6.99. The number of nitrogens with two attached hydrogens (primary N) is 1. The van der Waals surface area contributed by atoms with Crippen molar-refractivity contribution in [2.45, 2.75) is 13.0 Å². The summed E-state index contributed by atoms with van der Waals surface area (Å²) in [7, 11) is 0. The molecular weight excluding hydrogens is 699 g/mol. The summed E-state index contributed by atoms with van der Waals surface area (Å²) in [5.74, 6) is -2.03. The van der Waals surface area contributed by atoms with E-state index in [0.29, 0.717) is 10.7 Å². The maximum atomic E-state index is 12.6. The summed E-state index contributed by atoms with van der Waals surface area (Å²) in [6.45, 7) is 0.477. The lowest BCUT2D eigenvalue weighted by atomic mass is 10.1. The largest absolute Gasteiger partial charge is 0.395 e. The minimum Gasteiger partial charge on any atom is -0.395 e. The Morgan fingerprint density at radius 1 is 1.07 bits per heavy atom. The molecule has 3 amide bonds. The van der Waals surface area contributed by atoms with E-state index in [2.05, 4.69) is 5.32 Å². The van der Waals surface area contributed by atoms with E-state index < -0.39 is 30.4 Å². The summed E-state index contributed by atoms with van der Waals surface area (Å²) in [6.07, 6.45) is -1.36. The number of primary amides is 1. The van der Waals surface area contributed by atoms with E-state index in [1.165, 1.54) is 6.92 Å². The van der Waals surface area contributed by atoms with Crippen LogP contribution in [-0.4, -0.2) is 65.4 Å². The first-order valence-electron chi connectivity index (χ1n) is 7.59. The van der Waals surface area contributed by atoms with Gasteiger partial charge in [0.2, 0.25) is 0 Å². The average Bonchev–Trinajstić information content (AvgIpc) is 2.57. The molecule has 1 atom stereocenters. The molecule has 0 aromatic heterocycles. The molecule has 0 radical (unpaired) electrons. The molecule has 0 saturated heterocycles. The van der Waals surface area contributed by atoms with Crippen LogP contribution < -0.4 is 16.0 Å². The monoisotopic (exact) mass is 717 g/mol. The summed E-state index contributed by atoms with van der Waals surface area (Å²) in [5, 5.41) is 30.5. The van der Waals surface area contributed by atoms with Gasteiger partial charge in [-0.15, -0.1) is 0 Å². The zero-order valence-corrected chi connectivity index (χ0v) is 20.6. The molecule has 0 aliphatic heterocycles. The molecule has 0 spiro atoms. The Balaban J connectivity index is 3.82. The van der Waals surface area contributed by atoms with Crippen LogP contribution in [0.1, 0.15) is 27.6 Å². The zero-order chi connectivity index (χ0) is 20.9. The van der Waals surface area contributed by atoms with Crippen molar-refractivity contribution in [3.8, 4) is 0 Å². The molecule has 0 aliphatic carbocycles. The van der Waals surface area contributed by atoms with Gasteiger partial charge in [0.15, 0.2) is 0 Å². The van der Waals surface area contributed by atoms with Crippen molar-refractivity contribution in [3.05, 3.63) is 21.8 Å². The Morgan fingerprint density at radius 2 is 1.63 bits per heavy atom. The van der Waals surface area contributed by atoms with Gasteiger partial charge in [-0.2, -0.15) is 0 Å². The van der Waals surface area contributed by atoms with Crippen LogP contribution in [-0.2, 0) is 4.79 Å². The third-order valence-corrected chi connectivity index (χ3v) is 6.56. The number of anilines is 1. The third kappa shape index (κ3) is 5.62. The highest BCUT2D eigenvalue weighted by Crippen LogP contribution is 2.38. The Labute approximate surface area is 196 Å². The SMILES string of the molecule is CC(O)C(=O)N(CCO)c1c(I)c(C(N)=O)c(I)c(C(=O)NCCO)c1I. The van der Waals surface area contributed by atoms with Crippen LogP contribution in [0.15, 0.2) is 0 Å². The van der Waals surface area contributed by atoms with Gasteiger partial charge in [0.25, 0.3) is 17.7 Å². The van der Waals surface area contributed by atoms with E-state index in [1.807, 2.05) is 67.8 Å². The highest BCUT2D eigenvalue weighted by Gasteiger charge is 2.32. The second kappa shape index (κ2) is 11.0. The van der Waals surface area contributed by atoms with Gasteiger partial charge in [-0.25, -0.2) is 0 Å². The summed E-state index contributed by atoms with van der Waals surface area (Å²) in [5.41, 5.74) is 5.87. The molecule has 1 aromatic rings. The van der Waals surface area contributed by atoms with E-state index >= 15 is 0 Å². The van der Waals surface area contributed by atoms with Gasteiger partial charge in [-0.1, -0.05) is 0 Å². The van der Waals surface area contributed by atoms with Crippen molar-refractivity contribution in [1.82, 2.24) is 5.32 Å². The number of aliphatic hydroxyl groups is 3. The van der Waals surface area contributed by atoms with Crippen LogP contribution in [0.25, 0.3) is 0 Å². The number of nitrogens with zero attached hydrogens (tertiary/aromatic N) is 1. The van der Waals surface area contributed by atoms with Crippen LogP contribution in [0, 0.1) is 10.7 Å². The summed E-state index contributed by atoms with van der Waals surface area (Å²) in [4.78, 5) is 38.2. The van der Waals surface area contributed by atoms with Crippen molar-refractivity contribution in [2.75, 3.05) is 31.2 Å². The predicted octanol–water partition coefficient (Wildman–Crippen LogP) is 0.0275. The van der Waals surface area contributed by atoms with E-state index in [9.17, 15) is 24.6 Å². The fourth-order valence-electron chi connectivity index (χ4n) is 2.22. The Morgan fingerprint density at radius 3 is 2.07 bits per heavy atom. The fraction of sp³-hybridized carbons (Fsp3) is 0.400. The smallest absolute Gasteiger partial charge is 0.255 e. The topological polar surface area (TPSA) is 153 Å². The molecule has 0 aliphatic rings. The highest BCUT2D eigenvalue weighted by atomic mass is 127. The normalized spacial score (nSPS) is 11.8. The molecule has 0 fully saturated rings. The van der Waals surface area contributed by atoms with Gasteiger partial charge in [-0.3, -0.25) is 14.4 Å². The standard InChI is InChI=1S/C15H18I3N3O6/c1-6(24)15(27)21(3-5-23)12-10(17)7(13(19)25)9(16)8(11(12)18)14(26)20-2-4-22/h6,22-24H,2-5H2,1H3,(H2,19,25)(H,20,26). The second-order valence-corrected chi connectivity index (χ2v) is 8.51. The molecule has 27 heavy (non-hydrogen) atoms. The van der Waals surface area contributed by atoms with Gasteiger partial charge >= 0.3 is 0 Å². The Kier molecular flexibility index (Phi) is 10.1. The van der Waals surface area contributed by atoms with E-state index in [1.54, 1.807) is 0 Å². The first-order valence-corrected chi connectivity index (χ1v) is 10.8. The number of hydrogen-bond acceptors (Lipinski definition) is 6. The van der Waals surface area contributed by atoms with Gasteiger partial charge in [0, 0.05) is 16.7 Å². The van der Waals surface area contributed by atoms with Crippen molar-refractivity contribution >= 4 is 91.2 Å². The van der Waals surface area contributed by atoms with E-state index in [-0.39, 0.29) is 36.5 Å². The Hall–Kier alpha value is -0.300. The van der Waals surface area contributed by atoms with Crippen LogP contribution in [0.3, 0.4) is 0 Å². The molecule has 0 saturated carbocycles. The molecule has 1 unspecified atom stereocenters. The number of aliphatic hydroxyl groups excluding tert-OH is 3. The summed E-state index contributed by atoms with van der Waals surface area (Å²) in [6, 6.07) is 0. The van der Waals surface area contributed by atoms with Gasteiger partial charge in [0.05, 0.1) is 37.2 Å². The minimum atomic E-state index is -1.36. The maximum absolute atomic E-state index is 12.6. The number of amides is 3. The number of carbonyl (C=O) groups is 3. The predicted molar refractivity (Wildman–Crippen MR) is 124 cm³/mol. The molecule has 12 heteroatoms. The average molecular weight is 717 g/mol. The lowest BCUT2D eigenvalue weighted by molar-refractivity contribution is -0.125. The molecule has 6 N–H and O–H groups in total. The highest BCUT2D eigenvalue weighted by molar-refractivity contribution is 14.1. The van der Waals surface area contributed by atoms with Crippen LogP contribution >= 0.6 is 67.8 Å². The first-order chi connectivity index (χ1) is 12.6. The van der Waals surface area contributed by atoms with Crippen LogP contribution in [0.4, 0.5) is 5.69 Å². The first kappa shape index (κ1) is 24.7. The molecule has 9 nitrogen and oxygen atoms in total. The van der Waals surface area contributed by atoms with Crippen molar-refractivity contribution in [2.24, 2.45) is 5.73 Å². The molecule has 1 rings (SSSR count). The van der Waals surface area contributed by atoms with Crippen LogP contribution in [0.5, 0.6) is 0 Å². The number of hydrogen-bond donors (Lipinski definition) is 5. The van der Waals surface area contributed by atoms with Gasteiger partial charge in [-0.05, 0) is 74.7 Å². The van der Waals surface area contributed by atoms with Crippen molar-refractivity contribution < 1.29 is 29.7 Å². The lowest BCUT2D eigenvalue weighted by Gasteiger charge is -2.28.